The van der Waals surface area contributed by atoms with Crippen molar-refractivity contribution in [2.24, 2.45) is 0 Å². The van der Waals surface area contributed by atoms with Crippen LogP contribution in [0.25, 0.3) is 10.8 Å². The van der Waals surface area contributed by atoms with Gasteiger partial charge in [-0.15, -0.1) is 0 Å². The van der Waals surface area contributed by atoms with Crippen molar-refractivity contribution < 1.29 is 0 Å². The largest absolute Gasteiger partial charge is 0.302 e. The van der Waals surface area contributed by atoms with E-state index in [0.29, 0.717) is 0 Å². The number of rotatable bonds is 3. The number of benzene rings is 1. The maximum Gasteiger partial charge on any atom is 0.0346 e. The lowest BCUT2D eigenvalue weighted by molar-refractivity contribution is 0.346. The van der Waals surface area contributed by atoms with Gasteiger partial charge in [0.05, 0.1) is 0 Å². The van der Waals surface area contributed by atoms with Gasteiger partial charge in [-0.1, -0.05) is 31.2 Å². The van der Waals surface area contributed by atoms with Gasteiger partial charge in [0.25, 0.3) is 0 Å². The van der Waals surface area contributed by atoms with Gasteiger partial charge in [-0.3, -0.25) is 4.98 Å². The monoisotopic (exact) mass is 200 g/mol. The molecule has 0 atom stereocenters. The van der Waals surface area contributed by atoms with Crippen LogP contribution in [-0.4, -0.2) is 23.5 Å². The summed E-state index contributed by atoms with van der Waals surface area (Å²) in [4.78, 5) is 6.55. The Balaban J connectivity index is 2.42. The summed E-state index contributed by atoms with van der Waals surface area (Å²) in [6.45, 7) is 4.19. The third kappa shape index (κ3) is 2.16. The Bertz CT molecular complexity index is 446. The van der Waals surface area contributed by atoms with Crippen molar-refractivity contribution in [2.75, 3.05) is 13.6 Å². The third-order valence-corrected chi connectivity index (χ3v) is 2.73. The number of fused-ring (bicyclic) bond motifs is 1. The van der Waals surface area contributed by atoms with Crippen LogP contribution in [0.4, 0.5) is 0 Å². The lowest BCUT2D eigenvalue weighted by Crippen LogP contribution is -2.16. The van der Waals surface area contributed by atoms with E-state index in [0.717, 1.165) is 13.1 Å². The summed E-state index contributed by atoms with van der Waals surface area (Å²) in [7, 11) is 2.13. The summed E-state index contributed by atoms with van der Waals surface area (Å²) in [5.74, 6) is 0. The molecule has 0 bridgehead atoms. The second kappa shape index (κ2) is 4.41. The van der Waals surface area contributed by atoms with Crippen LogP contribution in [0.5, 0.6) is 0 Å². The minimum Gasteiger partial charge on any atom is -0.302 e. The molecule has 0 spiro atoms. The smallest absolute Gasteiger partial charge is 0.0346 e. The Labute approximate surface area is 90.6 Å². The highest BCUT2D eigenvalue weighted by molar-refractivity contribution is 5.84. The molecule has 2 heteroatoms. The second-order valence-electron chi connectivity index (χ2n) is 3.85. The molecule has 0 saturated heterocycles. The number of hydrogen-bond acceptors (Lipinski definition) is 2. The molecule has 1 aromatic heterocycles. The average Bonchev–Trinajstić information content (AvgIpc) is 2.29. The SMILES string of the molecule is CCN(C)Cc1cncc2ccccc12. The molecule has 0 aliphatic carbocycles. The molecular weight excluding hydrogens is 184 g/mol. The molecule has 2 aromatic rings. The van der Waals surface area contributed by atoms with Crippen LogP contribution in [0.15, 0.2) is 36.7 Å². The first-order chi connectivity index (χ1) is 7.31. The van der Waals surface area contributed by atoms with Gasteiger partial charge in [0, 0.05) is 24.3 Å². The summed E-state index contributed by atoms with van der Waals surface area (Å²) < 4.78 is 0. The van der Waals surface area contributed by atoms with Gasteiger partial charge in [-0.2, -0.15) is 0 Å². The zero-order valence-electron chi connectivity index (χ0n) is 9.27. The van der Waals surface area contributed by atoms with Gasteiger partial charge in [0.1, 0.15) is 0 Å². The molecule has 78 valence electrons. The van der Waals surface area contributed by atoms with Crippen LogP contribution < -0.4 is 0 Å². The molecule has 1 aromatic carbocycles. The van der Waals surface area contributed by atoms with Gasteiger partial charge >= 0.3 is 0 Å². The van der Waals surface area contributed by atoms with Crippen LogP contribution in [-0.2, 0) is 6.54 Å². The van der Waals surface area contributed by atoms with E-state index in [1.165, 1.54) is 16.3 Å². The van der Waals surface area contributed by atoms with Crippen LogP contribution in [0.3, 0.4) is 0 Å². The fourth-order valence-electron chi connectivity index (χ4n) is 1.71. The lowest BCUT2D eigenvalue weighted by Gasteiger charge is -2.14. The first-order valence-corrected chi connectivity index (χ1v) is 5.31. The van der Waals surface area contributed by atoms with Crippen molar-refractivity contribution in [1.29, 1.82) is 0 Å². The van der Waals surface area contributed by atoms with E-state index >= 15 is 0 Å². The molecule has 0 unspecified atom stereocenters. The number of aromatic nitrogens is 1. The summed E-state index contributed by atoms with van der Waals surface area (Å²) in [5.41, 5.74) is 1.30. The molecule has 0 fully saturated rings. The molecule has 1 heterocycles. The molecule has 0 saturated carbocycles. The molecule has 15 heavy (non-hydrogen) atoms. The summed E-state index contributed by atoms with van der Waals surface area (Å²) in [6.07, 6.45) is 3.89. The van der Waals surface area contributed by atoms with Gasteiger partial charge in [-0.25, -0.2) is 0 Å². The average molecular weight is 200 g/mol. The summed E-state index contributed by atoms with van der Waals surface area (Å²) in [5, 5.41) is 2.53. The lowest BCUT2D eigenvalue weighted by atomic mass is 10.1. The Morgan fingerprint density at radius 1 is 1.20 bits per heavy atom. The topological polar surface area (TPSA) is 16.1 Å². The van der Waals surface area contributed by atoms with Crippen molar-refractivity contribution in [3.63, 3.8) is 0 Å². The highest BCUT2D eigenvalue weighted by Gasteiger charge is 2.02. The summed E-state index contributed by atoms with van der Waals surface area (Å²) >= 11 is 0. The molecule has 0 N–H and O–H groups in total. The van der Waals surface area contributed by atoms with Crippen LogP contribution in [0.1, 0.15) is 12.5 Å². The first kappa shape index (κ1) is 10.1. The molecule has 2 nitrogen and oxygen atoms in total. The fraction of sp³-hybridized carbons (Fsp3) is 0.308. The van der Waals surface area contributed by atoms with E-state index in [2.05, 4.69) is 48.1 Å². The maximum absolute atomic E-state index is 4.27. The Kier molecular flexibility index (Phi) is 2.97. The Morgan fingerprint density at radius 2 is 2.00 bits per heavy atom. The highest BCUT2D eigenvalue weighted by atomic mass is 15.1. The predicted octanol–water partition coefficient (Wildman–Crippen LogP) is 2.69. The number of hydrogen-bond donors (Lipinski definition) is 0. The minimum absolute atomic E-state index is 0.963. The van der Waals surface area contributed by atoms with E-state index in [-0.39, 0.29) is 0 Å². The first-order valence-electron chi connectivity index (χ1n) is 5.31. The van der Waals surface area contributed by atoms with Gasteiger partial charge in [0.15, 0.2) is 0 Å². The van der Waals surface area contributed by atoms with Crippen LogP contribution in [0.2, 0.25) is 0 Å². The highest BCUT2D eigenvalue weighted by Crippen LogP contribution is 2.17. The Hall–Kier alpha value is -1.41. The summed E-state index contributed by atoms with van der Waals surface area (Å²) in [6, 6.07) is 8.41. The van der Waals surface area contributed by atoms with E-state index in [4.69, 9.17) is 0 Å². The van der Waals surface area contributed by atoms with E-state index in [1.54, 1.807) is 0 Å². The standard InChI is InChI=1S/C13H16N2/c1-3-15(2)10-12-9-14-8-11-6-4-5-7-13(11)12/h4-9H,3,10H2,1-2H3. The van der Waals surface area contributed by atoms with E-state index in [9.17, 15) is 0 Å². The van der Waals surface area contributed by atoms with Crippen molar-refractivity contribution >= 4 is 10.8 Å². The van der Waals surface area contributed by atoms with Crippen molar-refractivity contribution in [3.05, 3.63) is 42.2 Å². The fourth-order valence-corrected chi connectivity index (χ4v) is 1.71. The Morgan fingerprint density at radius 3 is 2.80 bits per heavy atom. The molecule has 0 aliphatic rings. The maximum atomic E-state index is 4.27. The molecule has 0 radical (unpaired) electrons. The van der Waals surface area contributed by atoms with Crippen molar-refractivity contribution in [3.8, 4) is 0 Å². The quantitative estimate of drug-likeness (QED) is 0.757. The molecule has 0 amide bonds. The van der Waals surface area contributed by atoms with Crippen LogP contribution in [0, 0.1) is 0 Å². The predicted molar refractivity (Wildman–Crippen MR) is 63.8 cm³/mol. The molecule has 2 rings (SSSR count). The van der Waals surface area contributed by atoms with Gasteiger partial charge < -0.3 is 4.90 Å². The molecule has 0 aliphatic heterocycles. The van der Waals surface area contributed by atoms with Crippen molar-refractivity contribution in [1.82, 2.24) is 9.88 Å². The number of nitrogens with zero attached hydrogens (tertiary/aromatic N) is 2. The normalized spacial score (nSPS) is 11.1. The van der Waals surface area contributed by atoms with Crippen molar-refractivity contribution in [2.45, 2.75) is 13.5 Å². The zero-order chi connectivity index (χ0) is 10.7. The zero-order valence-corrected chi connectivity index (χ0v) is 9.27. The number of pyridine rings is 1. The molecular formula is C13H16N2. The third-order valence-electron chi connectivity index (χ3n) is 2.73. The van der Waals surface area contributed by atoms with E-state index < -0.39 is 0 Å². The van der Waals surface area contributed by atoms with Crippen LogP contribution >= 0.6 is 0 Å². The second-order valence-corrected chi connectivity index (χ2v) is 3.85. The van der Waals surface area contributed by atoms with E-state index in [1.807, 2.05) is 12.4 Å². The minimum atomic E-state index is 0.963. The van der Waals surface area contributed by atoms with Gasteiger partial charge in [0.2, 0.25) is 0 Å². The van der Waals surface area contributed by atoms with Gasteiger partial charge in [-0.05, 0) is 24.5 Å².